The molecule has 4 nitrogen and oxygen atoms in total. The normalized spacial score (nSPS) is 14.4. The molecule has 0 saturated heterocycles. The van der Waals surface area contributed by atoms with Crippen LogP contribution in [0.15, 0.2) is 30.3 Å². The van der Waals surface area contributed by atoms with E-state index in [9.17, 15) is 10.2 Å². The van der Waals surface area contributed by atoms with Gasteiger partial charge in [-0.1, -0.05) is 44.2 Å². The van der Waals surface area contributed by atoms with E-state index in [0.717, 1.165) is 12.0 Å². The second-order valence-electron chi connectivity index (χ2n) is 5.57. The van der Waals surface area contributed by atoms with Gasteiger partial charge >= 0.3 is 0 Å². The molecule has 0 heterocycles. The molecule has 114 valence electrons. The zero-order valence-corrected chi connectivity index (χ0v) is 12.5. The van der Waals surface area contributed by atoms with Gasteiger partial charge in [0.1, 0.15) is 0 Å². The van der Waals surface area contributed by atoms with Crippen LogP contribution in [0, 0.1) is 5.92 Å². The van der Waals surface area contributed by atoms with Crippen LogP contribution >= 0.6 is 0 Å². The highest BCUT2D eigenvalue weighted by Gasteiger charge is 2.11. The molecule has 3 N–H and O–H groups in total. The molecule has 0 spiro atoms. The summed E-state index contributed by atoms with van der Waals surface area (Å²) < 4.78 is 5.48. The molecular formula is C16H27NO3. The molecule has 0 saturated carbocycles. The van der Waals surface area contributed by atoms with Gasteiger partial charge in [-0.2, -0.15) is 0 Å². The Kier molecular flexibility index (Phi) is 8.46. The minimum absolute atomic E-state index is 0.0405. The van der Waals surface area contributed by atoms with Crippen LogP contribution in [0.1, 0.15) is 25.8 Å². The molecule has 1 rings (SSSR count). The van der Waals surface area contributed by atoms with Crippen molar-refractivity contribution in [3.8, 4) is 0 Å². The topological polar surface area (TPSA) is 61.7 Å². The first-order valence-corrected chi connectivity index (χ1v) is 7.25. The number of aliphatic hydroxyl groups is 2. The molecule has 1 aromatic rings. The first kappa shape index (κ1) is 17.1. The summed E-state index contributed by atoms with van der Waals surface area (Å²) in [5, 5.41) is 22.2. The van der Waals surface area contributed by atoms with E-state index in [2.05, 4.69) is 19.2 Å². The van der Waals surface area contributed by atoms with E-state index >= 15 is 0 Å². The average Bonchev–Trinajstić information content (AvgIpc) is 2.44. The fourth-order valence-electron chi connectivity index (χ4n) is 2.04. The van der Waals surface area contributed by atoms with Crippen molar-refractivity contribution in [2.24, 2.45) is 5.92 Å². The fraction of sp³-hybridized carbons (Fsp3) is 0.625. The number of aliphatic hydroxyl groups excluding tert-OH is 2. The van der Waals surface area contributed by atoms with Crippen LogP contribution in [0.4, 0.5) is 0 Å². The van der Waals surface area contributed by atoms with E-state index in [-0.39, 0.29) is 12.6 Å². The quantitative estimate of drug-likeness (QED) is 0.609. The number of hydrogen-bond donors (Lipinski definition) is 3. The standard InChI is InChI=1S/C16H27NO3/c1-13(2)8-15(10-18)17-9-16(19)12-20-11-14-6-4-3-5-7-14/h3-7,13,15-19H,8-12H2,1-2H3. The molecule has 0 aliphatic carbocycles. The lowest BCUT2D eigenvalue weighted by Crippen LogP contribution is -2.40. The monoisotopic (exact) mass is 281 g/mol. The van der Waals surface area contributed by atoms with Crippen LogP contribution in [0.3, 0.4) is 0 Å². The Bertz CT molecular complexity index is 343. The maximum Gasteiger partial charge on any atom is 0.0897 e. The van der Waals surface area contributed by atoms with Gasteiger partial charge in [0.25, 0.3) is 0 Å². The smallest absolute Gasteiger partial charge is 0.0897 e. The predicted octanol–water partition coefficient (Wildman–Crippen LogP) is 1.56. The summed E-state index contributed by atoms with van der Waals surface area (Å²) in [6.07, 6.45) is 0.341. The fourth-order valence-corrected chi connectivity index (χ4v) is 2.04. The van der Waals surface area contributed by atoms with Crippen molar-refractivity contribution < 1.29 is 14.9 Å². The zero-order valence-electron chi connectivity index (χ0n) is 12.5. The van der Waals surface area contributed by atoms with Crippen molar-refractivity contribution in [2.75, 3.05) is 19.8 Å². The molecule has 0 aliphatic rings. The second-order valence-corrected chi connectivity index (χ2v) is 5.57. The van der Waals surface area contributed by atoms with E-state index in [4.69, 9.17) is 4.74 Å². The lowest BCUT2D eigenvalue weighted by Gasteiger charge is -2.20. The Hall–Kier alpha value is -0.940. The van der Waals surface area contributed by atoms with Gasteiger partial charge in [-0.15, -0.1) is 0 Å². The van der Waals surface area contributed by atoms with Gasteiger partial charge in [0.2, 0.25) is 0 Å². The van der Waals surface area contributed by atoms with Crippen molar-refractivity contribution in [1.29, 1.82) is 0 Å². The van der Waals surface area contributed by atoms with Crippen molar-refractivity contribution in [3.05, 3.63) is 35.9 Å². The van der Waals surface area contributed by atoms with Crippen LogP contribution in [-0.2, 0) is 11.3 Å². The van der Waals surface area contributed by atoms with Gasteiger partial charge < -0.3 is 20.3 Å². The Balaban J connectivity index is 2.15. The molecule has 0 amide bonds. The van der Waals surface area contributed by atoms with Gasteiger partial charge in [0, 0.05) is 12.6 Å². The molecule has 1 aromatic carbocycles. The summed E-state index contributed by atoms with van der Waals surface area (Å²) in [7, 11) is 0. The van der Waals surface area contributed by atoms with Crippen LogP contribution in [0.5, 0.6) is 0 Å². The summed E-state index contributed by atoms with van der Waals surface area (Å²) in [5.74, 6) is 0.520. The SMILES string of the molecule is CC(C)CC(CO)NCC(O)COCc1ccccc1. The van der Waals surface area contributed by atoms with Gasteiger partial charge in [0.05, 0.1) is 25.9 Å². The Morgan fingerprint density at radius 2 is 1.90 bits per heavy atom. The first-order chi connectivity index (χ1) is 9.61. The lowest BCUT2D eigenvalue weighted by atomic mass is 10.0. The summed E-state index contributed by atoms with van der Waals surface area (Å²) in [5.41, 5.74) is 1.10. The number of rotatable bonds is 10. The number of nitrogens with one attached hydrogen (secondary N) is 1. The minimum atomic E-state index is -0.556. The Morgan fingerprint density at radius 3 is 2.50 bits per heavy atom. The molecule has 0 fully saturated rings. The van der Waals surface area contributed by atoms with Crippen molar-refractivity contribution in [1.82, 2.24) is 5.32 Å². The van der Waals surface area contributed by atoms with Crippen molar-refractivity contribution >= 4 is 0 Å². The number of hydrogen-bond acceptors (Lipinski definition) is 4. The summed E-state index contributed by atoms with van der Waals surface area (Å²) >= 11 is 0. The molecular weight excluding hydrogens is 254 g/mol. The van der Waals surface area contributed by atoms with Gasteiger partial charge in [-0.3, -0.25) is 0 Å². The molecule has 0 bridgehead atoms. The van der Waals surface area contributed by atoms with Gasteiger partial charge in [0.15, 0.2) is 0 Å². The van der Waals surface area contributed by atoms with Gasteiger partial charge in [-0.05, 0) is 17.9 Å². The molecule has 0 aliphatic heterocycles. The Morgan fingerprint density at radius 1 is 1.20 bits per heavy atom. The largest absolute Gasteiger partial charge is 0.395 e. The van der Waals surface area contributed by atoms with Crippen molar-refractivity contribution in [3.63, 3.8) is 0 Å². The van der Waals surface area contributed by atoms with E-state index in [1.807, 2.05) is 30.3 Å². The maximum absolute atomic E-state index is 9.84. The molecule has 2 atom stereocenters. The van der Waals surface area contributed by atoms with E-state index < -0.39 is 6.10 Å². The van der Waals surface area contributed by atoms with E-state index in [0.29, 0.717) is 25.7 Å². The first-order valence-electron chi connectivity index (χ1n) is 7.25. The van der Waals surface area contributed by atoms with Gasteiger partial charge in [-0.25, -0.2) is 0 Å². The van der Waals surface area contributed by atoms with Crippen molar-refractivity contribution in [2.45, 2.75) is 39.0 Å². The number of ether oxygens (including phenoxy) is 1. The number of benzene rings is 1. The Labute approximate surface area is 121 Å². The molecule has 4 heteroatoms. The summed E-state index contributed by atoms with van der Waals surface area (Å²) in [4.78, 5) is 0. The summed E-state index contributed by atoms with van der Waals surface area (Å²) in [6.45, 7) is 5.56. The third-order valence-electron chi connectivity index (χ3n) is 3.04. The molecule has 20 heavy (non-hydrogen) atoms. The third kappa shape index (κ3) is 7.60. The second kappa shape index (κ2) is 9.88. The zero-order chi connectivity index (χ0) is 14.8. The molecule has 0 radical (unpaired) electrons. The highest BCUT2D eigenvalue weighted by Crippen LogP contribution is 2.04. The molecule has 2 unspecified atom stereocenters. The summed E-state index contributed by atoms with van der Waals surface area (Å²) in [6, 6.07) is 9.93. The third-order valence-corrected chi connectivity index (χ3v) is 3.04. The minimum Gasteiger partial charge on any atom is -0.395 e. The highest BCUT2D eigenvalue weighted by molar-refractivity contribution is 5.13. The lowest BCUT2D eigenvalue weighted by molar-refractivity contribution is 0.0261. The highest BCUT2D eigenvalue weighted by atomic mass is 16.5. The molecule has 0 aromatic heterocycles. The maximum atomic E-state index is 9.84. The van der Waals surface area contributed by atoms with Crippen LogP contribution in [0.2, 0.25) is 0 Å². The van der Waals surface area contributed by atoms with Crippen LogP contribution in [-0.4, -0.2) is 42.1 Å². The predicted molar refractivity (Wildman–Crippen MR) is 80.4 cm³/mol. The average molecular weight is 281 g/mol. The van der Waals surface area contributed by atoms with Crippen LogP contribution < -0.4 is 5.32 Å². The van der Waals surface area contributed by atoms with Crippen LogP contribution in [0.25, 0.3) is 0 Å². The van der Waals surface area contributed by atoms with E-state index in [1.165, 1.54) is 0 Å². The van der Waals surface area contributed by atoms with E-state index in [1.54, 1.807) is 0 Å².